The summed E-state index contributed by atoms with van der Waals surface area (Å²) in [5.74, 6) is -0.803. The Morgan fingerprint density at radius 1 is 1.21 bits per heavy atom. The Balaban J connectivity index is 2.37. The fraction of sp³-hybridized carbons (Fsp3) is 0.333. The Morgan fingerprint density at radius 3 is 2.33 bits per heavy atom. The summed E-state index contributed by atoms with van der Waals surface area (Å²) in [7, 11) is -2.70. The van der Waals surface area contributed by atoms with E-state index >= 15 is 0 Å². The predicted octanol–water partition coefficient (Wildman–Crippen LogP) is 2.44. The summed E-state index contributed by atoms with van der Waals surface area (Å²) >= 11 is 0. The number of rotatable bonds is 6. The summed E-state index contributed by atoms with van der Waals surface area (Å²) in [5.41, 5.74) is 1.04. The highest BCUT2D eigenvalue weighted by Crippen LogP contribution is 2.25. The zero-order valence-electron chi connectivity index (χ0n) is 13.8. The summed E-state index contributed by atoms with van der Waals surface area (Å²) in [4.78, 5) is 7.96. The van der Waals surface area contributed by atoms with E-state index in [1.807, 2.05) is 0 Å². The summed E-state index contributed by atoms with van der Waals surface area (Å²) in [6.07, 6.45) is 0. The minimum absolute atomic E-state index is 0.0364. The van der Waals surface area contributed by atoms with Crippen LogP contribution in [-0.2, 0) is 10.0 Å². The molecule has 0 unspecified atom stereocenters. The molecule has 0 fully saturated rings. The first kappa shape index (κ1) is 17.9. The molecule has 0 radical (unpaired) electrons. The van der Waals surface area contributed by atoms with Crippen molar-refractivity contribution < 1.29 is 22.3 Å². The molecule has 24 heavy (non-hydrogen) atoms. The van der Waals surface area contributed by atoms with Gasteiger partial charge in [-0.25, -0.2) is 12.8 Å². The molecule has 9 heteroatoms. The van der Waals surface area contributed by atoms with Gasteiger partial charge in [0.2, 0.25) is 0 Å². The second kappa shape index (κ2) is 7.00. The number of nitrogens with zero attached hydrogens (tertiary/aromatic N) is 2. The third-order valence-corrected chi connectivity index (χ3v) is 4.54. The molecule has 0 spiro atoms. The van der Waals surface area contributed by atoms with E-state index in [4.69, 9.17) is 9.47 Å². The number of benzene rings is 1. The molecule has 0 bridgehead atoms. The van der Waals surface area contributed by atoms with Crippen LogP contribution in [0.4, 0.5) is 10.1 Å². The summed E-state index contributed by atoms with van der Waals surface area (Å²) in [5, 5.41) is 0. The van der Waals surface area contributed by atoms with Crippen molar-refractivity contribution in [2.75, 3.05) is 18.4 Å². The van der Waals surface area contributed by atoms with E-state index in [0.717, 1.165) is 6.07 Å². The maximum Gasteiger partial charge on any atom is 0.316 e. The Morgan fingerprint density at radius 2 is 1.83 bits per heavy atom. The van der Waals surface area contributed by atoms with Crippen LogP contribution in [0.5, 0.6) is 11.8 Å². The molecule has 1 N–H and O–H groups in total. The minimum Gasteiger partial charge on any atom is -0.494 e. The molecule has 130 valence electrons. The Kier molecular flexibility index (Phi) is 5.23. The average molecular weight is 355 g/mol. The molecule has 0 aliphatic heterocycles. The molecule has 1 aromatic carbocycles. The highest BCUT2D eigenvalue weighted by molar-refractivity contribution is 7.92. The third-order valence-electron chi connectivity index (χ3n) is 3.19. The monoisotopic (exact) mass is 355 g/mol. The topological polar surface area (TPSA) is 90.4 Å². The summed E-state index contributed by atoms with van der Waals surface area (Å²) in [6, 6.07) is 3.56. The van der Waals surface area contributed by atoms with Gasteiger partial charge < -0.3 is 9.47 Å². The van der Waals surface area contributed by atoms with Crippen LogP contribution in [0.2, 0.25) is 0 Å². The van der Waals surface area contributed by atoms with Crippen LogP contribution in [0.15, 0.2) is 23.1 Å². The van der Waals surface area contributed by atoms with Crippen molar-refractivity contribution in [3.63, 3.8) is 0 Å². The molecule has 2 rings (SSSR count). The molecule has 0 amide bonds. The number of ether oxygens (including phenoxy) is 2. The van der Waals surface area contributed by atoms with E-state index in [1.54, 1.807) is 20.8 Å². The number of halogens is 1. The Hall–Kier alpha value is -2.42. The van der Waals surface area contributed by atoms with Crippen molar-refractivity contribution in [1.29, 1.82) is 0 Å². The standard InChI is InChI=1S/C15H18FN3O4S/c1-5-23-15-17-9(2)14(10(3)18-15)19-24(20,21)11-6-7-13(22-4)12(16)8-11/h6-8,19H,5H2,1-4H3. The predicted molar refractivity (Wildman–Crippen MR) is 86.4 cm³/mol. The number of hydrogen-bond donors (Lipinski definition) is 1. The van der Waals surface area contributed by atoms with Crippen LogP contribution in [0.3, 0.4) is 0 Å². The van der Waals surface area contributed by atoms with Crippen molar-refractivity contribution in [1.82, 2.24) is 9.97 Å². The maximum atomic E-state index is 13.8. The van der Waals surface area contributed by atoms with Gasteiger partial charge in [-0.2, -0.15) is 9.97 Å². The summed E-state index contributed by atoms with van der Waals surface area (Å²) < 4.78 is 51.1. The van der Waals surface area contributed by atoms with Crippen molar-refractivity contribution >= 4 is 15.7 Å². The van der Waals surface area contributed by atoms with Crippen LogP contribution < -0.4 is 14.2 Å². The number of hydrogen-bond acceptors (Lipinski definition) is 6. The molecule has 0 aliphatic carbocycles. The Labute approximate surface area is 139 Å². The number of aryl methyl sites for hydroxylation is 2. The van der Waals surface area contributed by atoms with Gasteiger partial charge in [0, 0.05) is 0 Å². The third kappa shape index (κ3) is 3.73. The lowest BCUT2D eigenvalue weighted by Crippen LogP contribution is -2.16. The second-order valence-electron chi connectivity index (χ2n) is 4.89. The van der Waals surface area contributed by atoms with Gasteiger partial charge in [-0.1, -0.05) is 0 Å². The van der Waals surface area contributed by atoms with Crippen molar-refractivity contribution in [3.8, 4) is 11.8 Å². The van der Waals surface area contributed by atoms with Crippen LogP contribution in [0, 0.1) is 19.7 Å². The van der Waals surface area contributed by atoms with Crippen LogP contribution in [0.25, 0.3) is 0 Å². The van der Waals surface area contributed by atoms with Gasteiger partial charge in [-0.05, 0) is 39.0 Å². The average Bonchev–Trinajstić information content (AvgIpc) is 2.51. The van der Waals surface area contributed by atoms with Crippen molar-refractivity contribution in [2.24, 2.45) is 0 Å². The number of sulfonamides is 1. The van der Waals surface area contributed by atoms with Gasteiger partial charge in [0.05, 0.1) is 35.7 Å². The van der Waals surface area contributed by atoms with Crippen LogP contribution >= 0.6 is 0 Å². The fourth-order valence-corrected chi connectivity index (χ4v) is 3.22. The molecule has 0 aliphatic rings. The van der Waals surface area contributed by atoms with Gasteiger partial charge in [-0.3, -0.25) is 4.72 Å². The fourth-order valence-electron chi connectivity index (χ4n) is 2.03. The van der Waals surface area contributed by atoms with Gasteiger partial charge in [0.15, 0.2) is 11.6 Å². The Bertz CT molecular complexity index is 833. The normalized spacial score (nSPS) is 11.2. The smallest absolute Gasteiger partial charge is 0.316 e. The zero-order chi connectivity index (χ0) is 17.9. The summed E-state index contributed by atoms with van der Waals surface area (Å²) in [6.45, 7) is 5.45. The maximum absolute atomic E-state index is 13.8. The van der Waals surface area contributed by atoms with E-state index in [2.05, 4.69) is 14.7 Å². The largest absolute Gasteiger partial charge is 0.494 e. The van der Waals surface area contributed by atoms with Crippen molar-refractivity contribution in [3.05, 3.63) is 35.4 Å². The number of methoxy groups -OCH3 is 1. The second-order valence-corrected chi connectivity index (χ2v) is 6.57. The highest BCUT2D eigenvalue weighted by Gasteiger charge is 2.20. The van der Waals surface area contributed by atoms with Gasteiger partial charge in [0.25, 0.3) is 10.0 Å². The molecule has 1 heterocycles. The van der Waals surface area contributed by atoms with Crippen molar-refractivity contribution in [2.45, 2.75) is 25.7 Å². The molecular weight excluding hydrogens is 337 g/mol. The minimum atomic E-state index is -4.00. The molecule has 0 saturated heterocycles. The quantitative estimate of drug-likeness (QED) is 0.856. The van der Waals surface area contributed by atoms with Gasteiger partial charge in [0.1, 0.15) is 0 Å². The number of nitrogens with one attached hydrogen (secondary N) is 1. The van der Waals surface area contributed by atoms with E-state index < -0.39 is 15.8 Å². The SMILES string of the molecule is CCOc1nc(C)c(NS(=O)(=O)c2ccc(OC)c(F)c2)c(C)n1. The molecule has 7 nitrogen and oxygen atoms in total. The van der Waals surface area contributed by atoms with E-state index in [1.165, 1.54) is 19.2 Å². The molecule has 0 atom stereocenters. The van der Waals surface area contributed by atoms with E-state index in [9.17, 15) is 12.8 Å². The molecule has 1 aromatic heterocycles. The van der Waals surface area contributed by atoms with E-state index in [-0.39, 0.29) is 22.3 Å². The zero-order valence-corrected chi connectivity index (χ0v) is 14.6. The lowest BCUT2D eigenvalue weighted by Gasteiger charge is -2.14. The number of anilines is 1. The van der Waals surface area contributed by atoms with Gasteiger partial charge in [-0.15, -0.1) is 0 Å². The first-order valence-electron chi connectivity index (χ1n) is 7.13. The lowest BCUT2D eigenvalue weighted by molar-refractivity contribution is 0.311. The lowest BCUT2D eigenvalue weighted by atomic mass is 10.3. The van der Waals surface area contributed by atoms with Gasteiger partial charge >= 0.3 is 6.01 Å². The van der Waals surface area contributed by atoms with Crippen LogP contribution in [-0.4, -0.2) is 32.1 Å². The molecule has 0 saturated carbocycles. The molecule has 2 aromatic rings. The molecular formula is C15H18FN3O4S. The number of aromatic nitrogens is 2. The first-order chi connectivity index (χ1) is 11.3. The van der Waals surface area contributed by atoms with E-state index in [0.29, 0.717) is 18.0 Å². The van der Waals surface area contributed by atoms with Crippen LogP contribution in [0.1, 0.15) is 18.3 Å². The highest BCUT2D eigenvalue weighted by atomic mass is 32.2. The first-order valence-corrected chi connectivity index (χ1v) is 8.61.